The molecule has 6 N–H and O–H groups in total. The molecule has 0 rings (SSSR count). The molecule has 0 aliphatic rings. The van der Waals surface area contributed by atoms with Crippen LogP contribution in [0, 0.1) is 5.41 Å². The summed E-state index contributed by atoms with van der Waals surface area (Å²) in [6.45, 7) is 12.0. The maximum Gasteiger partial charge on any atom is 0.126 e. The molecular weight excluding hydrogens is 372 g/mol. The Morgan fingerprint density at radius 1 is 0.897 bits per heavy atom. The third-order valence-electron chi connectivity index (χ3n) is 4.06. The van der Waals surface area contributed by atoms with E-state index in [9.17, 15) is 25.5 Å². The molecular formula is C23H38O6. The van der Waals surface area contributed by atoms with Crippen molar-refractivity contribution in [2.75, 3.05) is 26.4 Å². The van der Waals surface area contributed by atoms with E-state index in [4.69, 9.17) is 5.11 Å². The first-order chi connectivity index (χ1) is 13.7. The van der Waals surface area contributed by atoms with Gasteiger partial charge in [-0.1, -0.05) is 59.4 Å². The Morgan fingerprint density at radius 3 is 1.86 bits per heavy atom. The third kappa shape index (κ3) is 10.3. The molecule has 6 nitrogen and oxygen atoms in total. The van der Waals surface area contributed by atoms with Gasteiger partial charge in [0.1, 0.15) is 11.5 Å². The Labute approximate surface area is 174 Å². The van der Waals surface area contributed by atoms with E-state index in [1.54, 1.807) is 18.2 Å². The molecule has 0 spiro atoms. The van der Waals surface area contributed by atoms with Gasteiger partial charge >= 0.3 is 0 Å². The zero-order valence-corrected chi connectivity index (χ0v) is 18.3. The number of aliphatic hydroxyl groups is 6. The number of allylic oxidation sites excluding steroid dienone is 4. The van der Waals surface area contributed by atoms with Crippen molar-refractivity contribution < 1.29 is 30.6 Å². The molecule has 0 aromatic carbocycles. The molecule has 0 unspecified atom stereocenters. The van der Waals surface area contributed by atoms with E-state index in [0.717, 1.165) is 0 Å². The minimum absolute atomic E-state index is 0.172. The van der Waals surface area contributed by atoms with Crippen molar-refractivity contribution in [3.8, 4) is 0 Å². The van der Waals surface area contributed by atoms with Crippen LogP contribution in [0.15, 0.2) is 70.8 Å². The van der Waals surface area contributed by atoms with Crippen molar-refractivity contribution in [1.29, 1.82) is 0 Å². The highest BCUT2D eigenvalue weighted by molar-refractivity contribution is 5.40. The zero-order valence-electron chi connectivity index (χ0n) is 18.3. The van der Waals surface area contributed by atoms with Gasteiger partial charge in [0.15, 0.2) is 0 Å². The Hall–Kier alpha value is -2.12. The fourth-order valence-corrected chi connectivity index (χ4v) is 2.13. The van der Waals surface area contributed by atoms with Crippen LogP contribution in [0.4, 0.5) is 0 Å². The molecule has 0 amide bonds. The largest absolute Gasteiger partial charge is 0.508 e. The standard InChI is InChI=1S/C21H32O6.C2H6/c1-5-6-16(12-23)20(27)17(13-24)7-9-21(3,4)15(2)11-18(14-25)19(26)8-10-22;1-2/h6-9,11,22-27H,2,5,10,12-14H2,1,3-4H3;1-2H3/b9-7+,16-6-,18-11-,19-8-,20-17-;. The molecule has 0 bridgehead atoms. The van der Waals surface area contributed by atoms with Crippen LogP contribution >= 0.6 is 0 Å². The lowest BCUT2D eigenvalue weighted by molar-refractivity contribution is 0.300. The Bertz CT molecular complexity index is 648. The molecule has 0 saturated carbocycles. The number of hydrogen-bond donors (Lipinski definition) is 6. The summed E-state index contributed by atoms with van der Waals surface area (Å²) in [6, 6.07) is 0. The molecule has 6 heteroatoms. The SMILES string of the molecule is C=C(/C=C(CO)\C(O)=C\CO)C(C)(C)/C=C/C(CO)=C(O)\C(=C/CC)CO.CC. The third-order valence-corrected chi connectivity index (χ3v) is 4.06. The first kappa shape index (κ1) is 29.1. The molecule has 0 aromatic heterocycles. The van der Waals surface area contributed by atoms with E-state index < -0.39 is 18.6 Å². The van der Waals surface area contributed by atoms with Crippen molar-refractivity contribution in [1.82, 2.24) is 0 Å². The summed E-state index contributed by atoms with van der Waals surface area (Å²) in [5.74, 6) is -0.401. The average Bonchev–Trinajstić information content (AvgIpc) is 2.71. The molecule has 0 aromatic rings. The van der Waals surface area contributed by atoms with E-state index in [2.05, 4.69) is 6.58 Å². The predicted molar refractivity (Wildman–Crippen MR) is 119 cm³/mol. The molecule has 29 heavy (non-hydrogen) atoms. The van der Waals surface area contributed by atoms with Gasteiger partial charge < -0.3 is 30.6 Å². The van der Waals surface area contributed by atoms with Gasteiger partial charge in [0.2, 0.25) is 0 Å². The smallest absolute Gasteiger partial charge is 0.126 e. The molecule has 0 aliphatic heterocycles. The topological polar surface area (TPSA) is 121 Å². The van der Waals surface area contributed by atoms with E-state index >= 15 is 0 Å². The van der Waals surface area contributed by atoms with Crippen LogP contribution in [0.25, 0.3) is 0 Å². The highest BCUT2D eigenvalue weighted by Gasteiger charge is 2.18. The van der Waals surface area contributed by atoms with Crippen LogP contribution < -0.4 is 0 Å². The lowest BCUT2D eigenvalue weighted by atomic mass is 9.83. The zero-order chi connectivity index (χ0) is 23.0. The summed E-state index contributed by atoms with van der Waals surface area (Å²) in [5, 5.41) is 57.2. The van der Waals surface area contributed by atoms with Crippen molar-refractivity contribution >= 4 is 0 Å². The molecule has 0 fully saturated rings. The van der Waals surface area contributed by atoms with Crippen molar-refractivity contribution in [3.63, 3.8) is 0 Å². The lowest BCUT2D eigenvalue weighted by Gasteiger charge is -2.22. The van der Waals surface area contributed by atoms with Crippen LogP contribution in [-0.2, 0) is 0 Å². The second-order valence-electron chi connectivity index (χ2n) is 6.51. The van der Waals surface area contributed by atoms with E-state index in [1.807, 2.05) is 34.6 Å². The summed E-state index contributed by atoms with van der Waals surface area (Å²) in [7, 11) is 0. The van der Waals surface area contributed by atoms with Crippen LogP contribution in [0.2, 0.25) is 0 Å². The first-order valence-corrected chi connectivity index (χ1v) is 9.72. The molecule has 0 aliphatic carbocycles. The number of aliphatic hydroxyl groups excluding tert-OH is 6. The van der Waals surface area contributed by atoms with Gasteiger partial charge in [0.05, 0.1) is 26.4 Å². The Kier molecular flexibility index (Phi) is 15.8. The Balaban J connectivity index is 0. The van der Waals surface area contributed by atoms with Gasteiger partial charge in [-0.25, -0.2) is 0 Å². The molecule has 0 radical (unpaired) electrons. The monoisotopic (exact) mass is 410 g/mol. The quantitative estimate of drug-likeness (QED) is 0.228. The van der Waals surface area contributed by atoms with Gasteiger partial charge in [0.25, 0.3) is 0 Å². The Morgan fingerprint density at radius 2 is 1.45 bits per heavy atom. The van der Waals surface area contributed by atoms with Crippen LogP contribution in [0.1, 0.15) is 41.0 Å². The number of rotatable bonds is 11. The summed E-state index contributed by atoms with van der Waals surface area (Å²) < 4.78 is 0. The van der Waals surface area contributed by atoms with Gasteiger partial charge in [-0.05, 0) is 24.1 Å². The fourth-order valence-electron chi connectivity index (χ4n) is 2.13. The molecule has 0 saturated heterocycles. The van der Waals surface area contributed by atoms with Gasteiger partial charge in [-0.3, -0.25) is 0 Å². The fraction of sp³-hybridized carbons (Fsp3) is 0.478. The highest BCUT2D eigenvalue weighted by Crippen LogP contribution is 2.30. The van der Waals surface area contributed by atoms with Crippen LogP contribution in [0.3, 0.4) is 0 Å². The van der Waals surface area contributed by atoms with Crippen molar-refractivity contribution in [3.05, 3.63) is 70.8 Å². The van der Waals surface area contributed by atoms with E-state index in [1.165, 1.54) is 12.2 Å². The lowest BCUT2D eigenvalue weighted by Crippen LogP contribution is -2.11. The summed E-state index contributed by atoms with van der Waals surface area (Å²) in [4.78, 5) is 0. The predicted octanol–water partition coefficient (Wildman–Crippen LogP) is 3.64. The van der Waals surface area contributed by atoms with E-state index in [0.29, 0.717) is 17.6 Å². The van der Waals surface area contributed by atoms with Gasteiger partial charge in [0, 0.05) is 22.1 Å². The summed E-state index contributed by atoms with van der Waals surface area (Å²) in [5.41, 5.74) is 0.728. The van der Waals surface area contributed by atoms with Crippen LogP contribution in [0.5, 0.6) is 0 Å². The second kappa shape index (κ2) is 15.8. The summed E-state index contributed by atoms with van der Waals surface area (Å²) in [6.07, 6.45) is 8.26. The van der Waals surface area contributed by atoms with Gasteiger partial charge in [-0.2, -0.15) is 0 Å². The minimum atomic E-state index is -0.630. The van der Waals surface area contributed by atoms with Crippen molar-refractivity contribution in [2.45, 2.75) is 41.0 Å². The molecule has 166 valence electrons. The summed E-state index contributed by atoms with van der Waals surface area (Å²) >= 11 is 0. The normalized spacial score (nSPS) is 14.4. The molecule has 0 atom stereocenters. The maximum atomic E-state index is 10.3. The highest BCUT2D eigenvalue weighted by atomic mass is 16.3. The van der Waals surface area contributed by atoms with E-state index in [-0.39, 0.29) is 35.9 Å². The minimum Gasteiger partial charge on any atom is -0.508 e. The van der Waals surface area contributed by atoms with Crippen LogP contribution in [-0.4, -0.2) is 57.1 Å². The second-order valence-corrected chi connectivity index (χ2v) is 6.51. The average molecular weight is 411 g/mol. The maximum absolute atomic E-state index is 10.3. The first-order valence-electron chi connectivity index (χ1n) is 9.72. The number of hydrogen-bond acceptors (Lipinski definition) is 6. The van der Waals surface area contributed by atoms with Gasteiger partial charge in [-0.15, -0.1) is 0 Å². The van der Waals surface area contributed by atoms with Crippen molar-refractivity contribution in [2.24, 2.45) is 5.41 Å². The molecule has 0 heterocycles.